The van der Waals surface area contributed by atoms with E-state index in [1.165, 1.54) is 24.4 Å². The minimum atomic E-state index is -0.101. The van der Waals surface area contributed by atoms with E-state index in [1.54, 1.807) is 12.2 Å². The summed E-state index contributed by atoms with van der Waals surface area (Å²) in [6.07, 6.45) is 13.3. The summed E-state index contributed by atoms with van der Waals surface area (Å²) in [5.74, 6) is 0.265. The zero-order chi connectivity index (χ0) is 15.5. The van der Waals surface area contributed by atoms with Gasteiger partial charge in [0.15, 0.2) is 5.76 Å². The van der Waals surface area contributed by atoms with E-state index >= 15 is 0 Å². The van der Waals surface area contributed by atoms with Gasteiger partial charge in [-0.1, -0.05) is 36.4 Å². The molecule has 3 heteroatoms. The lowest BCUT2D eigenvalue weighted by molar-refractivity contribution is -0.114. The molecule has 0 fully saturated rings. The molecule has 0 saturated heterocycles. The monoisotopic (exact) mass is 291 g/mol. The van der Waals surface area contributed by atoms with Crippen LogP contribution in [0.1, 0.15) is 5.56 Å². The number of anilines is 1. The number of hydrogen-bond donors (Lipinski definition) is 0. The van der Waals surface area contributed by atoms with Crippen molar-refractivity contribution in [1.82, 2.24) is 0 Å². The van der Waals surface area contributed by atoms with Crippen molar-refractivity contribution in [2.45, 2.75) is 0 Å². The van der Waals surface area contributed by atoms with E-state index in [0.29, 0.717) is 5.76 Å². The highest BCUT2D eigenvalue weighted by Gasteiger charge is 2.13. The molecule has 0 amide bonds. The van der Waals surface area contributed by atoms with Gasteiger partial charge in [-0.2, -0.15) is 0 Å². The van der Waals surface area contributed by atoms with Gasteiger partial charge in [0.05, 0.1) is 7.11 Å². The number of ether oxygens (including phenoxy) is 1. The Kier molecular flexibility index (Phi) is 3.79. The lowest BCUT2D eigenvalue weighted by Gasteiger charge is -2.26. The molecule has 0 saturated carbocycles. The SMILES string of the molecule is COC1=CC(=CC=C2C=Cc3ccccc3N2C)C=CC1=O. The molecule has 1 aromatic carbocycles. The smallest absolute Gasteiger partial charge is 0.220 e. The van der Waals surface area contributed by atoms with Crippen LogP contribution in [0.15, 0.2) is 77.8 Å². The van der Waals surface area contributed by atoms with Crippen molar-refractivity contribution >= 4 is 17.5 Å². The number of hydrogen-bond acceptors (Lipinski definition) is 3. The van der Waals surface area contributed by atoms with Gasteiger partial charge < -0.3 is 9.64 Å². The van der Waals surface area contributed by atoms with Crippen molar-refractivity contribution in [1.29, 1.82) is 0 Å². The Labute approximate surface area is 130 Å². The van der Waals surface area contributed by atoms with Crippen LogP contribution in [0, 0.1) is 0 Å². The number of fused-ring (bicyclic) bond motifs is 1. The molecule has 110 valence electrons. The standard InChI is InChI=1S/C19H17NO2/c1-20-16(11-9-15-5-3-4-6-17(15)20)10-7-14-8-12-18(21)19(13-14)22-2/h3-13H,1-2H3. The van der Waals surface area contributed by atoms with Gasteiger partial charge in [0, 0.05) is 18.4 Å². The number of carbonyl (C=O) groups is 1. The number of ketones is 1. The predicted molar refractivity (Wildman–Crippen MR) is 89.3 cm³/mol. The Morgan fingerprint density at radius 1 is 1.05 bits per heavy atom. The maximum Gasteiger partial charge on any atom is 0.220 e. The van der Waals surface area contributed by atoms with Crippen molar-refractivity contribution in [2.75, 3.05) is 19.1 Å². The van der Waals surface area contributed by atoms with Crippen molar-refractivity contribution in [3.05, 3.63) is 83.3 Å². The van der Waals surface area contributed by atoms with Gasteiger partial charge in [0.1, 0.15) is 0 Å². The Morgan fingerprint density at radius 3 is 2.68 bits per heavy atom. The fourth-order valence-corrected chi connectivity index (χ4v) is 2.50. The third kappa shape index (κ3) is 2.66. The number of rotatable bonds is 2. The van der Waals surface area contributed by atoms with E-state index in [4.69, 9.17) is 4.74 Å². The summed E-state index contributed by atoms with van der Waals surface area (Å²) in [7, 11) is 3.55. The van der Waals surface area contributed by atoms with Gasteiger partial charge in [-0.15, -0.1) is 0 Å². The topological polar surface area (TPSA) is 29.5 Å². The zero-order valence-electron chi connectivity index (χ0n) is 12.6. The molecular formula is C19H17NO2. The summed E-state index contributed by atoms with van der Waals surface area (Å²) in [6.45, 7) is 0. The molecule has 0 N–H and O–H groups in total. The largest absolute Gasteiger partial charge is 0.493 e. The molecule has 0 spiro atoms. The number of carbonyl (C=O) groups excluding carboxylic acids is 1. The summed E-state index contributed by atoms with van der Waals surface area (Å²) >= 11 is 0. The van der Waals surface area contributed by atoms with Crippen LogP contribution < -0.4 is 4.90 Å². The summed E-state index contributed by atoms with van der Waals surface area (Å²) in [4.78, 5) is 13.7. The van der Waals surface area contributed by atoms with Crippen LogP contribution in [0.2, 0.25) is 0 Å². The summed E-state index contributed by atoms with van der Waals surface area (Å²) in [5, 5.41) is 0. The summed E-state index contributed by atoms with van der Waals surface area (Å²) < 4.78 is 5.07. The Morgan fingerprint density at radius 2 is 1.86 bits per heavy atom. The molecule has 3 nitrogen and oxygen atoms in total. The highest BCUT2D eigenvalue weighted by molar-refractivity contribution is 6.04. The highest BCUT2D eigenvalue weighted by atomic mass is 16.5. The zero-order valence-corrected chi connectivity index (χ0v) is 12.6. The van der Waals surface area contributed by atoms with Gasteiger partial charge in [0.25, 0.3) is 0 Å². The average molecular weight is 291 g/mol. The minimum absolute atomic E-state index is 0.101. The molecule has 0 unspecified atom stereocenters. The first-order valence-corrected chi connectivity index (χ1v) is 7.10. The fourth-order valence-electron chi connectivity index (χ4n) is 2.50. The summed E-state index contributed by atoms with van der Waals surface area (Å²) in [5.41, 5.74) is 4.41. The number of allylic oxidation sites excluding steroid dienone is 7. The van der Waals surface area contributed by atoms with Crippen LogP contribution in [0.5, 0.6) is 0 Å². The van der Waals surface area contributed by atoms with E-state index in [0.717, 1.165) is 11.3 Å². The normalized spacial score (nSPS) is 20.4. The van der Waals surface area contributed by atoms with Gasteiger partial charge in [-0.05, 0) is 41.5 Å². The molecule has 1 heterocycles. The molecule has 1 aliphatic carbocycles. The quantitative estimate of drug-likeness (QED) is 0.833. The fraction of sp³-hybridized carbons (Fsp3) is 0.105. The predicted octanol–water partition coefficient (Wildman–Crippen LogP) is 3.63. The molecule has 0 aromatic heterocycles. The van der Waals surface area contributed by atoms with Crippen molar-refractivity contribution in [3.8, 4) is 0 Å². The number of benzene rings is 1. The van der Waals surface area contributed by atoms with Crippen LogP contribution in [-0.4, -0.2) is 19.9 Å². The van der Waals surface area contributed by atoms with Crippen LogP contribution in [-0.2, 0) is 9.53 Å². The lowest BCUT2D eigenvalue weighted by Crippen LogP contribution is -2.18. The van der Waals surface area contributed by atoms with Crippen LogP contribution in [0.25, 0.3) is 6.08 Å². The molecule has 2 aliphatic rings. The first-order chi connectivity index (χ1) is 10.7. The number of methoxy groups -OCH3 is 1. The minimum Gasteiger partial charge on any atom is -0.493 e. The second-order valence-corrected chi connectivity index (χ2v) is 5.12. The number of likely N-dealkylation sites (N-methyl/N-ethyl adjacent to an activating group) is 1. The van der Waals surface area contributed by atoms with Gasteiger partial charge in [0.2, 0.25) is 5.78 Å². The molecule has 1 aromatic rings. The van der Waals surface area contributed by atoms with Crippen molar-refractivity contribution in [3.63, 3.8) is 0 Å². The molecule has 3 rings (SSSR count). The first kappa shape index (κ1) is 14.1. The Balaban J connectivity index is 1.89. The van der Waals surface area contributed by atoms with Crippen molar-refractivity contribution < 1.29 is 9.53 Å². The van der Waals surface area contributed by atoms with E-state index in [1.807, 2.05) is 31.3 Å². The third-order valence-electron chi connectivity index (χ3n) is 3.75. The van der Waals surface area contributed by atoms with Crippen LogP contribution in [0.3, 0.4) is 0 Å². The Hall–Kier alpha value is -2.81. The second-order valence-electron chi connectivity index (χ2n) is 5.12. The maximum atomic E-state index is 11.5. The summed E-state index contributed by atoms with van der Waals surface area (Å²) in [6, 6.07) is 8.27. The van der Waals surface area contributed by atoms with E-state index < -0.39 is 0 Å². The van der Waals surface area contributed by atoms with Gasteiger partial charge in [-0.3, -0.25) is 4.79 Å². The van der Waals surface area contributed by atoms with E-state index in [9.17, 15) is 4.79 Å². The highest BCUT2D eigenvalue weighted by Crippen LogP contribution is 2.29. The maximum absolute atomic E-state index is 11.5. The van der Waals surface area contributed by atoms with E-state index in [-0.39, 0.29) is 5.78 Å². The number of para-hydroxylation sites is 1. The number of nitrogens with zero attached hydrogens (tertiary/aromatic N) is 1. The van der Waals surface area contributed by atoms with Crippen molar-refractivity contribution in [2.24, 2.45) is 0 Å². The molecule has 1 aliphatic heterocycles. The Bertz CT molecular complexity index is 763. The van der Waals surface area contributed by atoms with Gasteiger partial charge in [-0.25, -0.2) is 0 Å². The molecular weight excluding hydrogens is 274 g/mol. The van der Waals surface area contributed by atoms with Gasteiger partial charge >= 0.3 is 0 Å². The van der Waals surface area contributed by atoms with E-state index in [2.05, 4.69) is 29.2 Å². The lowest BCUT2D eigenvalue weighted by atomic mass is 10.0. The molecule has 0 radical (unpaired) electrons. The van der Waals surface area contributed by atoms with Crippen LogP contribution >= 0.6 is 0 Å². The molecule has 0 bridgehead atoms. The molecule has 0 atom stereocenters. The molecule has 22 heavy (non-hydrogen) atoms. The average Bonchev–Trinajstić information content (AvgIpc) is 2.56. The second kappa shape index (κ2) is 5.90. The third-order valence-corrected chi connectivity index (χ3v) is 3.75. The van der Waals surface area contributed by atoms with Crippen LogP contribution in [0.4, 0.5) is 5.69 Å². The first-order valence-electron chi connectivity index (χ1n) is 7.10.